The number of hydrogen-bond donors (Lipinski definition) is 3. The maximum Gasteiger partial charge on any atom is 0.259 e. The molecule has 0 radical (unpaired) electrons. The summed E-state index contributed by atoms with van der Waals surface area (Å²) in [4.78, 5) is 23.8. The van der Waals surface area contributed by atoms with Gasteiger partial charge >= 0.3 is 0 Å². The van der Waals surface area contributed by atoms with Crippen molar-refractivity contribution in [1.82, 2.24) is 0 Å². The van der Waals surface area contributed by atoms with Crippen LogP contribution in [-0.2, 0) is 4.79 Å². The standard InChI is InChI=1S/C19H16N2O3/c1-12(22)20-16-8-4-5-9-17(16)21-19(24)15-11-10-13-6-2-3-7-14(13)18(15)23/h2-11,23H,1H3,(H,20,22)(H,21,24). The Morgan fingerprint density at radius 3 is 2.17 bits per heavy atom. The fourth-order valence-electron chi connectivity index (χ4n) is 2.52. The quantitative estimate of drug-likeness (QED) is 0.687. The lowest BCUT2D eigenvalue weighted by Gasteiger charge is -2.12. The Kier molecular flexibility index (Phi) is 4.16. The van der Waals surface area contributed by atoms with E-state index in [0.717, 1.165) is 5.39 Å². The Bertz CT molecular complexity index is 935. The van der Waals surface area contributed by atoms with E-state index < -0.39 is 5.91 Å². The topological polar surface area (TPSA) is 78.4 Å². The van der Waals surface area contributed by atoms with Gasteiger partial charge < -0.3 is 15.7 Å². The van der Waals surface area contributed by atoms with Crippen LogP contribution in [0.4, 0.5) is 11.4 Å². The molecule has 5 heteroatoms. The highest BCUT2D eigenvalue weighted by Crippen LogP contribution is 2.30. The van der Waals surface area contributed by atoms with Crippen LogP contribution in [0.25, 0.3) is 10.8 Å². The molecule has 0 aliphatic rings. The largest absolute Gasteiger partial charge is 0.506 e. The number of carbonyl (C=O) groups excluding carboxylic acids is 2. The molecule has 3 rings (SSSR count). The third-order valence-electron chi connectivity index (χ3n) is 3.63. The van der Waals surface area contributed by atoms with Crippen molar-refractivity contribution in [2.45, 2.75) is 6.92 Å². The molecule has 0 aliphatic carbocycles. The van der Waals surface area contributed by atoms with Gasteiger partial charge in [-0.25, -0.2) is 0 Å². The summed E-state index contributed by atoms with van der Waals surface area (Å²) < 4.78 is 0. The van der Waals surface area contributed by atoms with Crippen molar-refractivity contribution in [2.75, 3.05) is 10.6 Å². The Hall–Kier alpha value is -3.34. The summed E-state index contributed by atoms with van der Waals surface area (Å²) in [6, 6.07) is 17.5. The smallest absolute Gasteiger partial charge is 0.259 e. The Balaban J connectivity index is 1.94. The van der Waals surface area contributed by atoms with Crippen molar-refractivity contribution in [1.29, 1.82) is 0 Å². The second-order valence-electron chi connectivity index (χ2n) is 5.36. The second-order valence-corrected chi connectivity index (χ2v) is 5.36. The van der Waals surface area contributed by atoms with Crippen LogP contribution < -0.4 is 10.6 Å². The van der Waals surface area contributed by atoms with Crippen molar-refractivity contribution < 1.29 is 14.7 Å². The molecule has 0 saturated carbocycles. The zero-order valence-electron chi connectivity index (χ0n) is 13.0. The number of para-hydroxylation sites is 2. The molecule has 0 spiro atoms. The summed E-state index contributed by atoms with van der Waals surface area (Å²) in [6.07, 6.45) is 0. The molecule has 0 aliphatic heterocycles. The van der Waals surface area contributed by atoms with Crippen LogP contribution in [-0.4, -0.2) is 16.9 Å². The van der Waals surface area contributed by atoms with Crippen LogP contribution in [0.1, 0.15) is 17.3 Å². The predicted octanol–water partition coefficient (Wildman–Crippen LogP) is 3.76. The summed E-state index contributed by atoms with van der Waals surface area (Å²) >= 11 is 0. The van der Waals surface area contributed by atoms with Crippen molar-refractivity contribution in [3.8, 4) is 5.75 Å². The van der Waals surface area contributed by atoms with Crippen molar-refractivity contribution in [3.63, 3.8) is 0 Å². The molecule has 5 nitrogen and oxygen atoms in total. The summed E-state index contributed by atoms with van der Waals surface area (Å²) in [7, 11) is 0. The second kappa shape index (κ2) is 6.42. The van der Waals surface area contributed by atoms with Crippen LogP contribution >= 0.6 is 0 Å². The fourth-order valence-corrected chi connectivity index (χ4v) is 2.52. The molecule has 2 amide bonds. The molecule has 0 bridgehead atoms. The Morgan fingerprint density at radius 1 is 0.833 bits per heavy atom. The Morgan fingerprint density at radius 2 is 1.46 bits per heavy atom. The highest BCUT2D eigenvalue weighted by Gasteiger charge is 2.15. The van der Waals surface area contributed by atoms with Crippen molar-refractivity contribution >= 4 is 34.0 Å². The van der Waals surface area contributed by atoms with Gasteiger partial charge in [0.2, 0.25) is 5.91 Å². The number of benzene rings is 3. The molecule has 24 heavy (non-hydrogen) atoms. The molecule has 0 aromatic heterocycles. The zero-order valence-corrected chi connectivity index (χ0v) is 13.0. The minimum absolute atomic E-state index is 0.0670. The van der Waals surface area contributed by atoms with Crippen LogP contribution in [0.3, 0.4) is 0 Å². The molecule has 0 fully saturated rings. The molecule has 3 N–H and O–H groups in total. The van der Waals surface area contributed by atoms with Crippen LogP contribution in [0.15, 0.2) is 60.7 Å². The number of phenols is 1. The average molecular weight is 320 g/mol. The molecular weight excluding hydrogens is 304 g/mol. The van der Waals surface area contributed by atoms with Crippen LogP contribution in [0, 0.1) is 0 Å². The Labute approximate surface area is 138 Å². The molecule has 120 valence electrons. The minimum atomic E-state index is -0.448. The van der Waals surface area contributed by atoms with Crippen molar-refractivity contribution in [2.24, 2.45) is 0 Å². The summed E-state index contributed by atoms with van der Waals surface area (Å²) in [6.45, 7) is 1.40. The van der Waals surface area contributed by atoms with E-state index in [1.807, 2.05) is 12.1 Å². The van der Waals surface area contributed by atoms with Gasteiger partial charge in [-0.3, -0.25) is 9.59 Å². The van der Waals surface area contributed by atoms with Gasteiger partial charge in [-0.2, -0.15) is 0 Å². The number of amides is 2. The van der Waals surface area contributed by atoms with Gasteiger partial charge in [0.25, 0.3) is 5.91 Å². The van der Waals surface area contributed by atoms with E-state index in [2.05, 4.69) is 10.6 Å². The highest BCUT2D eigenvalue weighted by atomic mass is 16.3. The van der Waals surface area contributed by atoms with Gasteiger partial charge in [0.1, 0.15) is 5.75 Å². The zero-order chi connectivity index (χ0) is 17.1. The first-order valence-corrected chi connectivity index (χ1v) is 7.45. The lowest BCUT2D eigenvalue weighted by atomic mass is 10.0. The highest BCUT2D eigenvalue weighted by molar-refractivity contribution is 6.11. The number of carbonyl (C=O) groups is 2. The number of nitrogens with one attached hydrogen (secondary N) is 2. The molecule has 0 saturated heterocycles. The lowest BCUT2D eigenvalue weighted by molar-refractivity contribution is -0.114. The molecule has 0 unspecified atom stereocenters. The maximum atomic E-state index is 12.5. The number of phenolic OH excluding ortho intramolecular Hbond substituents is 1. The third kappa shape index (κ3) is 3.05. The average Bonchev–Trinajstić information content (AvgIpc) is 2.56. The maximum absolute atomic E-state index is 12.5. The third-order valence-corrected chi connectivity index (χ3v) is 3.63. The SMILES string of the molecule is CC(=O)Nc1ccccc1NC(=O)c1ccc2ccccc2c1O. The van der Waals surface area contributed by atoms with Gasteiger partial charge in [0, 0.05) is 12.3 Å². The fraction of sp³-hybridized carbons (Fsp3) is 0.0526. The van der Waals surface area contributed by atoms with Gasteiger partial charge in [0.15, 0.2) is 0 Å². The molecule has 3 aromatic rings. The number of fused-ring (bicyclic) bond motifs is 1. The van der Waals surface area contributed by atoms with Gasteiger partial charge in [-0.1, -0.05) is 42.5 Å². The van der Waals surface area contributed by atoms with E-state index in [1.54, 1.807) is 48.5 Å². The number of hydrogen-bond acceptors (Lipinski definition) is 3. The minimum Gasteiger partial charge on any atom is -0.506 e. The van der Waals surface area contributed by atoms with E-state index >= 15 is 0 Å². The first-order chi connectivity index (χ1) is 11.6. The predicted molar refractivity (Wildman–Crippen MR) is 94.3 cm³/mol. The molecular formula is C19H16N2O3. The summed E-state index contributed by atoms with van der Waals surface area (Å²) in [5.41, 5.74) is 1.13. The van der Waals surface area contributed by atoms with Gasteiger partial charge in [0.05, 0.1) is 16.9 Å². The lowest BCUT2D eigenvalue weighted by Crippen LogP contribution is -2.15. The van der Waals surface area contributed by atoms with E-state index in [9.17, 15) is 14.7 Å². The molecule has 0 atom stereocenters. The summed E-state index contributed by atoms with van der Waals surface area (Å²) in [5, 5.41) is 17.2. The van der Waals surface area contributed by atoms with E-state index in [1.165, 1.54) is 6.92 Å². The number of anilines is 2. The monoisotopic (exact) mass is 320 g/mol. The molecule has 3 aromatic carbocycles. The number of rotatable bonds is 3. The first kappa shape index (κ1) is 15.6. The van der Waals surface area contributed by atoms with Gasteiger partial charge in [-0.05, 0) is 23.6 Å². The van der Waals surface area contributed by atoms with Crippen LogP contribution in [0.2, 0.25) is 0 Å². The van der Waals surface area contributed by atoms with Crippen LogP contribution in [0.5, 0.6) is 5.75 Å². The first-order valence-electron chi connectivity index (χ1n) is 7.45. The molecule has 0 heterocycles. The van der Waals surface area contributed by atoms with E-state index in [4.69, 9.17) is 0 Å². The van der Waals surface area contributed by atoms with E-state index in [0.29, 0.717) is 16.8 Å². The summed E-state index contributed by atoms with van der Waals surface area (Å²) in [5.74, 6) is -0.746. The number of aromatic hydroxyl groups is 1. The normalized spacial score (nSPS) is 10.4. The van der Waals surface area contributed by atoms with Gasteiger partial charge in [-0.15, -0.1) is 0 Å². The van der Waals surface area contributed by atoms with E-state index in [-0.39, 0.29) is 17.2 Å². The van der Waals surface area contributed by atoms with Crippen molar-refractivity contribution in [3.05, 3.63) is 66.2 Å².